The molecule has 144 valence electrons. The molecule has 2 aliphatic rings. The lowest BCUT2D eigenvalue weighted by Gasteiger charge is -2.36. The second-order valence-corrected chi connectivity index (χ2v) is 7.75. The molecule has 27 heavy (non-hydrogen) atoms. The summed E-state index contributed by atoms with van der Waals surface area (Å²) in [6.45, 7) is 6.31. The molecule has 1 N–H and O–H groups in total. The predicted molar refractivity (Wildman–Crippen MR) is 108 cm³/mol. The van der Waals surface area contributed by atoms with E-state index < -0.39 is 0 Å². The Balaban J connectivity index is 1.54. The second kappa shape index (κ2) is 7.87. The van der Waals surface area contributed by atoms with Crippen molar-refractivity contribution in [2.45, 2.75) is 11.8 Å². The number of hydrogen-bond donors (Lipinski definition) is 1. The van der Waals surface area contributed by atoms with Crippen molar-refractivity contribution in [3.05, 3.63) is 59.9 Å². The van der Waals surface area contributed by atoms with E-state index in [-0.39, 0.29) is 11.2 Å². The average molecular weight is 369 g/mol. The first-order valence-corrected chi connectivity index (χ1v) is 9.76. The fourth-order valence-corrected chi connectivity index (χ4v) is 4.11. The Labute approximate surface area is 160 Å². The summed E-state index contributed by atoms with van der Waals surface area (Å²) in [4.78, 5) is 4.81. The van der Waals surface area contributed by atoms with Crippen LogP contribution in [0.5, 0.6) is 0 Å². The molecule has 0 aliphatic carbocycles. The summed E-state index contributed by atoms with van der Waals surface area (Å²) < 4.78 is 19.5. The molecule has 0 unspecified atom stereocenters. The molecule has 4 rings (SSSR count). The predicted octanol–water partition coefficient (Wildman–Crippen LogP) is 3.35. The van der Waals surface area contributed by atoms with Crippen LogP contribution in [-0.2, 0) is 10.2 Å². The number of benzene rings is 2. The summed E-state index contributed by atoms with van der Waals surface area (Å²) in [6.07, 6.45) is 0.903. The molecule has 0 radical (unpaired) electrons. The third-order valence-corrected chi connectivity index (χ3v) is 5.91. The molecule has 0 aromatic heterocycles. The molecule has 1 atom stereocenters. The van der Waals surface area contributed by atoms with Gasteiger partial charge < -0.3 is 19.9 Å². The summed E-state index contributed by atoms with van der Waals surface area (Å²) in [7, 11) is 2.17. The summed E-state index contributed by atoms with van der Waals surface area (Å²) in [5.41, 5.74) is 3.23. The maximum absolute atomic E-state index is 13.8. The second-order valence-electron chi connectivity index (χ2n) is 7.75. The Bertz CT molecular complexity index is 768. The Morgan fingerprint density at radius 3 is 2.63 bits per heavy atom. The van der Waals surface area contributed by atoms with Gasteiger partial charge in [-0.25, -0.2) is 4.39 Å². The van der Waals surface area contributed by atoms with Crippen LogP contribution in [-0.4, -0.2) is 57.9 Å². The zero-order chi connectivity index (χ0) is 18.7. The van der Waals surface area contributed by atoms with Gasteiger partial charge in [0.15, 0.2) is 0 Å². The molecular formula is C22H28FN3O. The largest absolute Gasteiger partial charge is 0.382 e. The molecule has 2 fully saturated rings. The third-order valence-electron chi connectivity index (χ3n) is 5.91. The van der Waals surface area contributed by atoms with Crippen molar-refractivity contribution in [3.8, 4) is 0 Å². The molecule has 4 nitrogen and oxygen atoms in total. The number of nitrogens with one attached hydrogen (secondary N) is 1. The van der Waals surface area contributed by atoms with E-state index in [0.717, 1.165) is 57.0 Å². The number of anilines is 2. The summed E-state index contributed by atoms with van der Waals surface area (Å²) in [6, 6.07) is 15.5. The highest BCUT2D eigenvalue weighted by molar-refractivity contribution is 5.70. The van der Waals surface area contributed by atoms with Gasteiger partial charge in [0, 0.05) is 44.7 Å². The number of piperazine rings is 1. The van der Waals surface area contributed by atoms with E-state index in [1.165, 1.54) is 11.8 Å². The van der Waals surface area contributed by atoms with Crippen molar-refractivity contribution in [2.24, 2.45) is 0 Å². The molecule has 2 saturated heterocycles. The van der Waals surface area contributed by atoms with Crippen molar-refractivity contribution < 1.29 is 9.13 Å². The minimum atomic E-state index is -0.184. The number of ether oxygens (including phenoxy) is 1. The fourth-order valence-electron chi connectivity index (χ4n) is 4.11. The van der Waals surface area contributed by atoms with E-state index in [1.54, 1.807) is 12.1 Å². The van der Waals surface area contributed by atoms with E-state index in [4.69, 9.17) is 4.74 Å². The SMILES string of the molecule is CN1CCN(c2ccccc2NC[C@@]2(c3cccc(F)c3)CCOC2)CC1. The minimum Gasteiger partial charge on any atom is -0.382 e. The van der Waals surface area contributed by atoms with Crippen LogP contribution in [0.2, 0.25) is 0 Å². The number of rotatable bonds is 5. The lowest BCUT2D eigenvalue weighted by Crippen LogP contribution is -2.44. The van der Waals surface area contributed by atoms with Gasteiger partial charge in [0.2, 0.25) is 0 Å². The summed E-state index contributed by atoms with van der Waals surface area (Å²) in [5.74, 6) is -0.184. The Hall–Kier alpha value is -2.11. The van der Waals surface area contributed by atoms with E-state index in [0.29, 0.717) is 6.61 Å². The molecule has 0 spiro atoms. The van der Waals surface area contributed by atoms with Crippen LogP contribution in [0, 0.1) is 5.82 Å². The van der Waals surface area contributed by atoms with Crippen molar-refractivity contribution in [3.63, 3.8) is 0 Å². The molecule has 0 saturated carbocycles. The molecule has 0 bridgehead atoms. The maximum Gasteiger partial charge on any atom is 0.123 e. The first kappa shape index (κ1) is 18.3. The highest BCUT2D eigenvalue weighted by Crippen LogP contribution is 2.35. The first-order chi connectivity index (χ1) is 13.2. The molecular weight excluding hydrogens is 341 g/mol. The van der Waals surface area contributed by atoms with Crippen LogP contribution in [0.4, 0.5) is 15.8 Å². The van der Waals surface area contributed by atoms with Gasteiger partial charge in [-0.05, 0) is 43.3 Å². The highest BCUT2D eigenvalue weighted by atomic mass is 19.1. The average Bonchev–Trinajstić information content (AvgIpc) is 3.18. The molecule has 2 heterocycles. The van der Waals surface area contributed by atoms with Gasteiger partial charge in [-0.15, -0.1) is 0 Å². The summed E-state index contributed by atoms with van der Waals surface area (Å²) >= 11 is 0. The molecule has 5 heteroatoms. The van der Waals surface area contributed by atoms with Gasteiger partial charge in [-0.2, -0.15) is 0 Å². The monoisotopic (exact) mass is 369 g/mol. The topological polar surface area (TPSA) is 27.7 Å². The summed E-state index contributed by atoms with van der Waals surface area (Å²) in [5, 5.41) is 3.66. The first-order valence-electron chi connectivity index (χ1n) is 9.76. The molecule has 2 aromatic carbocycles. The van der Waals surface area contributed by atoms with Crippen LogP contribution < -0.4 is 10.2 Å². The Morgan fingerprint density at radius 2 is 1.89 bits per heavy atom. The van der Waals surface area contributed by atoms with Gasteiger partial charge in [0.25, 0.3) is 0 Å². The van der Waals surface area contributed by atoms with E-state index in [1.807, 2.05) is 6.07 Å². The maximum atomic E-state index is 13.8. The van der Waals surface area contributed by atoms with Crippen LogP contribution in [0.25, 0.3) is 0 Å². The number of halogens is 1. The normalized spacial score (nSPS) is 23.6. The van der Waals surface area contributed by atoms with Crippen molar-refractivity contribution in [1.29, 1.82) is 0 Å². The van der Waals surface area contributed by atoms with Gasteiger partial charge in [-0.3, -0.25) is 0 Å². The van der Waals surface area contributed by atoms with Gasteiger partial charge >= 0.3 is 0 Å². The third kappa shape index (κ3) is 3.94. The van der Waals surface area contributed by atoms with Crippen molar-refractivity contribution >= 4 is 11.4 Å². The van der Waals surface area contributed by atoms with Gasteiger partial charge in [0.1, 0.15) is 5.82 Å². The number of likely N-dealkylation sites (N-methyl/N-ethyl adjacent to an activating group) is 1. The van der Waals surface area contributed by atoms with Crippen LogP contribution >= 0.6 is 0 Å². The Morgan fingerprint density at radius 1 is 1.07 bits per heavy atom. The zero-order valence-electron chi connectivity index (χ0n) is 16.0. The Kier molecular flexibility index (Phi) is 5.32. The van der Waals surface area contributed by atoms with Crippen LogP contribution in [0.15, 0.2) is 48.5 Å². The van der Waals surface area contributed by atoms with E-state index in [9.17, 15) is 4.39 Å². The lowest BCUT2D eigenvalue weighted by molar-refractivity contribution is 0.179. The number of hydrogen-bond acceptors (Lipinski definition) is 4. The quantitative estimate of drug-likeness (QED) is 0.875. The standard InChI is InChI=1S/C22H28FN3O/c1-25-10-12-26(13-11-25)21-8-3-2-7-20(21)24-16-22(9-14-27-17-22)18-5-4-6-19(23)15-18/h2-8,15,24H,9-14,16-17H2,1H3/t22-/m0/s1. The smallest absolute Gasteiger partial charge is 0.123 e. The van der Waals surface area contributed by atoms with Crippen LogP contribution in [0.1, 0.15) is 12.0 Å². The van der Waals surface area contributed by atoms with E-state index >= 15 is 0 Å². The van der Waals surface area contributed by atoms with Gasteiger partial charge in [0.05, 0.1) is 18.0 Å². The number of para-hydroxylation sites is 2. The molecule has 2 aliphatic heterocycles. The van der Waals surface area contributed by atoms with E-state index in [2.05, 4.69) is 46.4 Å². The fraction of sp³-hybridized carbons (Fsp3) is 0.455. The van der Waals surface area contributed by atoms with Crippen molar-refractivity contribution in [1.82, 2.24) is 4.90 Å². The zero-order valence-corrected chi connectivity index (χ0v) is 16.0. The van der Waals surface area contributed by atoms with Gasteiger partial charge in [-0.1, -0.05) is 24.3 Å². The molecule has 0 amide bonds. The number of nitrogens with zero attached hydrogens (tertiary/aromatic N) is 2. The minimum absolute atomic E-state index is 0.183. The van der Waals surface area contributed by atoms with Crippen molar-refractivity contribution in [2.75, 3.05) is 63.2 Å². The highest BCUT2D eigenvalue weighted by Gasteiger charge is 2.37. The van der Waals surface area contributed by atoms with Crippen LogP contribution in [0.3, 0.4) is 0 Å². The molecule has 2 aromatic rings. The lowest BCUT2D eigenvalue weighted by atomic mass is 9.79.